The number of carbonyl (C=O) groups is 1. The normalized spacial score (nSPS) is 11.2. The Bertz CT molecular complexity index is 262. The second-order valence-corrected chi connectivity index (χ2v) is 2.63. The fraction of sp³-hybridized carbons (Fsp3) is 0.222. The highest BCUT2D eigenvalue weighted by Gasteiger charge is 2.04. The molecule has 13 heavy (non-hydrogen) atoms. The van der Waals surface area contributed by atoms with E-state index in [0.29, 0.717) is 5.56 Å². The van der Waals surface area contributed by atoms with Crippen molar-refractivity contribution in [1.29, 1.82) is 0 Å². The van der Waals surface area contributed by atoms with Crippen LogP contribution in [-0.2, 0) is 0 Å². The Hall–Kier alpha value is -1.06. The van der Waals surface area contributed by atoms with E-state index in [1.165, 1.54) is 0 Å². The first kappa shape index (κ1) is 11.9. The summed E-state index contributed by atoms with van der Waals surface area (Å²) in [4.78, 5) is 11.3. The van der Waals surface area contributed by atoms with Gasteiger partial charge in [0.05, 0.1) is 6.17 Å². The monoisotopic (exact) mass is 200 g/mol. The highest BCUT2D eigenvalue weighted by Crippen LogP contribution is 1.97. The Labute approximate surface area is 83.7 Å². The highest BCUT2D eigenvalue weighted by atomic mass is 35.5. The van der Waals surface area contributed by atoms with E-state index in [2.05, 4.69) is 5.32 Å². The number of benzene rings is 1. The van der Waals surface area contributed by atoms with Gasteiger partial charge < -0.3 is 11.1 Å². The third-order valence-corrected chi connectivity index (χ3v) is 1.39. The lowest BCUT2D eigenvalue weighted by molar-refractivity contribution is 0.0941. The minimum Gasteiger partial charge on any atom is -0.337 e. The van der Waals surface area contributed by atoms with Gasteiger partial charge in [0, 0.05) is 5.56 Å². The molecular formula is C9H13ClN2O. The number of nitrogens with one attached hydrogen (secondary N) is 1. The van der Waals surface area contributed by atoms with E-state index in [4.69, 9.17) is 5.73 Å². The van der Waals surface area contributed by atoms with Gasteiger partial charge in [-0.05, 0) is 19.1 Å². The fourth-order valence-electron chi connectivity index (χ4n) is 0.880. The first-order chi connectivity index (χ1) is 5.70. The lowest BCUT2D eigenvalue weighted by Gasteiger charge is -2.07. The van der Waals surface area contributed by atoms with Crippen molar-refractivity contribution in [3.05, 3.63) is 35.9 Å². The molecule has 0 fully saturated rings. The number of halogens is 1. The van der Waals surface area contributed by atoms with Crippen molar-refractivity contribution in [2.24, 2.45) is 5.73 Å². The molecule has 0 radical (unpaired) electrons. The van der Waals surface area contributed by atoms with Crippen molar-refractivity contribution in [2.75, 3.05) is 0 Å². The second kappa shape index (κ2) is 5.56. The molecule has 0 bridgehead atoms. The largest absolute Gasteiger partial charge is 0.337 e. The SMILES string of the molecule is CC(N)NC(=O)c1ccccc1.Cl. The average Bonchev–Trinajstić information content (AvgIpc) is 2.05. The molecule has 72 valence electrons. The smallest absolute Gasteiger partial charge is 0.252 e. The van der Waals surface area contributed by atoms with E-state index < -0.39 is 0 Å². The third kappa shape index (κ3) is 3.92. The Morgan fingerprint density at radius 2 is 1.92 bits per heavy atom. The molecule has 0 aliphatic carbocycles. The summed E-state index contributed by atoms with van der Waals surface area (Å²) in [5.74, 6) is -0.134. The van der Waals surface area contributed by atoms with Gasteiger partial charge in [0.25, 0.3) is 5.91 Å². The molecule has 0 saturated carbocycles. The number of nitrogens with two attached hydrogens (primary N) is 1. The summed E-state index contributed by atoms with van der Waals surface area (Å²) in [6, 6.07) is 8.99. The Morgan fingerprint density at radius 3 is 2.38 bits per heavy atom. The van der Waals surface area contributed by atoms with Crippen LogP contribution in [0.15, 0.2) is 30.3 Å². The molecule has 1 amide bonds. The van der Waals surface area contributed by atoms with Crippen LogP contribution >= 0.6 is 12.4 Å². The Balaban J connectivity index is 0.00000144. The molecule has 0 aliphatic rings. The number of carbonyl (C=O) groups excluding carboxylic acids is 1. The van der Waals surface area contributed by atoms with E-state index in [1.807, 2.05) is 18.2 Å². The molecule has 1 aromatic rings. The lowest BCUT2D eigenvalue weighted by atomic mass is 10.2. The second-order valence-electron chi connectivity index (χ2n) is 2.63. The van der Waals surface area contributed by atoms with Gasteiger partial charge in [0.1, 0.15) is 0 Å². The Kier molecular flexibility index (Phi) is 5.11. The summed E-state index contributed by atoms with van der Waals surface area (Å²) in [7, 11) is 0. The van der Waals surface area contributed by atoms with Crippen LogP contribution in [0.4, 0.5) is 0 Å². The van der Waals surface area contributed by atoms with Crippen LogP contribution in [0.25, 0.3) is 0 Å². The predicted octanol–water partition coefficient (Wildman–Crippen LogP) is 1.14. The summed E-state index contributed by atoms with van der Waals surface area (Å²) in [5, 5.41) is 2.60. The zero-order valence-electron chi connectivity index (χ0n) is 7.36. The maximum atomic E-state index is 11.3. The zero-order valence-corrected chi connectivity index (χ0v) is 8.17. The minimum atomic E-state index is -0.308. The van der Waals surface area contributed by atoms with Crippen molar-refractivity contribution in [1.82, 2.24) is 5.32 Å². The van der Waals surface area contributed by atoms with Crippen LogP contribution in [0.1, 0.15) is 17.3 Å². The average molecular weight is 201 g/mol. The van der Waals surface area contributed by atoms with Gasteiger partial charge in [-0.1, -0.05) is 18.2 Å². The van der Waals surface area contributed by atoms with Crippen molar-refractivity contribution in [2.45, 2.75) is 13.1 Å². The molecular weight excluding hydrogens is 188 g/mol. The molecule has 0 saturated heterocycles. The van der Waals surface area contributed by atoms with Crippen LogP contribution in [0.3, 0.4) is 0 Å². The van der Waals surface area contributed by atoms with E-state index in [-0.39, 0.29) is 24.5 Å². The number of amides is 1. The van der Waals surface area contributed by atoms with E-state index in [1.54, 1.807) is 19.1 Å². The van der Waals surface area contributed by atoms with Crippen LogP contribution in [-0.4, -0.2) is 12.1 Å². The molecule has 0 aromatic heterocycles. The standard InChI is InChI=1S/C9H12N2O.ClH/c1-7(10)11-9(12)8-5-3-2-4-6-8;/h2-7H,10H2,1H3,(H,11,12);1H. The topological polar surface area (TPSA) is 55.1 Å². The minimum absolute atomic E-state index is 0. The predicted molar refractivity (Wildman–Crippen MR) is 54.8 cm³/mol. The molecule has 1 unspecified atom stereocenters. The van der Waals surface area contributed by atoms with Gasteiger partial charge in [-0.3, -0.25) is 4.79 Å². The van der Waals surface area contributed by atoms with Crippen LogP contribution in [0.5, 0.6) is 0 Å². The molecule has 3 nitrogen and oxygen atoms in total. The van der Waals surface area contributed by atoms with Crippen molar-refractivity contribution in [3.63, 3.8) is 0 Å². The Morgan fingerprint density at radius 1 is 1.38 bits per heavy atom. The quantitative estimate of drug-likeness (QED) is 0.704. The number of hydrogen-bond donors (Lipinski definition) is 2. The maximum Gasteiger partial charge on any atom is 0.252 e. The molecule has 1 aromatic carbocycles. The fourth-order valence-corrected chi connectivity index (χ4v) is 0.880. The van der Waals surface area contributed by atoms with Crippen molar-refractivity contribution < 1.29 is 4.79 Å². The van der Waals surface area contributed by atoms with Crippen LogP contribution < -0.4 is 11.1 Å². The van der Waals surface area contributed by atoms with Gasteiger partial charge in [-0.15, -0.1) is 12.4 Å². The van der Waals surface area contributed by atoms with Crippen LogP contribution in [0.2, 0.25) is 0 Å². The summed E-state index contributed by atoms with van der Waals surface area (Å²) in [5.41, 5.74) is 6.03. The molecule has 3 N–H and O–H groups in total. The molecule has 0 heterocycles. The summed E-state index contributed by atoms with van der Waals surface area (Å²) in [6.07, 6.45) is -0.308. The maximum absolute atomic E-state index is 11.3. The lowest BCUT2D eigenvalue weighted by Crippen LogP contribution is -2.38. The van der Waals surface area contributed by atoms with E-state index in [0.717, 1.165) is 0 Å². The van der Waals surface area contributed by atoms with Gasteiger partial charge in [0.2, 0.25) is 0 Å². The first-order valence-corrected chi connectivity index (χ1v) is 3.81. The number of rotatable bonds is 2. The molecule has 0 aliphatic heterocycles. The third-order valence-electron chi connectivity index (χ3n) is 1.39. The summed E-state index contributed by atoms with van der Waals surface area (Å²) >= 11 is 0. The van der Waals surface area contributed by atoms with Gasteiger partial charge >= 0.3 is 0 Å². The van der Waals surface area contributed by atoms with Crippen LogP contribution in [0, 0.1) is 0 Å². The van der Waals surface area contributed by atoms with E-state index in [9.17, 15) is 4.79 Å². The first-order valence-electron chi connectivity index (χ1n) is 3.81. The zero-order chi connectivity index (χ0) is 8.97. The molecule has 4 heteroatoms. The van der Waals surface area contributed by atoms with Crippen molar-refractivity contribution >= 4 is 18.3 Å². The highest BCUT2D eigenvalue weighted by molar-refractivity contribution is 5.94. The number of hydrogen-bond acceptors (Lipinski definition) is 2. The van der Waals surface area contributed by atoms with Gasteiger partial charge in [-0.25, -0.2) is 0 Å². The van der Waals surface area contributed by atoms with Crippen molar-refractivity contribution in [3.8, 4) is 0 Å². The molecule has 0 spiro atoms. The summed E-state index contributed by atoms with van der Waals surface area (Å²) < 4.78 is 0. The van der Waals surface area contributed by atoms with Gasteiger partial charge in [0.15, 0.2) is 0 Å². The molecule has 1 atom stereocenters. The summed E-state index contributed by atoms with van der Waals surface area (Å²) in [6.45, 7) is 1.72. The molecule has 1 rings (SSSR count). The van der Waals surface area contributed by atoms with Gasteiger partial charge in [-0.2, -0.15) is 0 Å². The van der Waals surface area contributed by atoms with E-state index >= 15 is 0 Å².